The summed E-state index contributed by atoms with van der Waals surface area (Å²) in [6.45, 7) is 7.42. The Hall–Kier alpha value is -1.88. The molecule has 0 radical (unpaired) electrons. The summed E-state index contributed by atoms with van der Waals surface area (Å²) in [5.41, 5.74) is 3.00. The van der Waals surface area contributed by atoms with Crippen LogP contribution in [0.25, 0.3) is 0 Å². The van der Waals surface area contributed by atoms with Crippen molar-refractivity contribution in [3.05, 3.63) is 65.7 Å². The Morgan fingerprint density at radius 3 is 2.31 bits per heavy atom. The maximum absolute atomic E-state index is 5.75. The van der Waals surface area contributed by atoms with Crippen LogP contribution in [-0.4, -0.2) is 61.8 Å². The zero-order valence-corrected chi connectivity index (χ0v) is 17.7. The summed E-state index contributed by atoms with van der Waals surface area (Å²) in [4.78, 5) is 5.37. The summed E-state index contributed by atoms with van der Waals surface area (Å²) < 4.78 is 11.3. The quantitative estimate of drug-likeness (QED) is 0.709. The van der Waals surface area contributed by atoms with Gasteiger partial charge in [0.25, 0.3) is 0 Å². The van der Waals surface area contributed by atoms with Gasteiger partial charge < -0.3 is 9.47 Å². The summed E-state index contributed by atoms with van der Waals surface area (Å²) in [5, 5.41) is 0. The maximum Gasteiger partial charge on any atom is 0.122 e. The van der Waals surface area contributed by atoms with Crippen molar-refractivity contribution in [1.29, 1.82) is 0 Å². The molecule has 156 valence electrons. The van der Waals surface area contributed by atoms with Crippen LogP contribution in [0.2, 0.25) is 0 Å². The van der Waals surface area contributed by atoms with Crippen molar-refractivity contribution in [3.63, 3.8) is 0 Å². The van der Waals surface area contributed by atoms with E-state index in [0.717, 1.165) is 70.9 Å². The minimum Gasteiger partial charge on any atom is -0.496 e. The normalized spacial score (nSPS) is 20.4. The lowest BCUT2D eigenvalue weighted by Crippen LogP contribution is -2.59. The van der Waals surface area contributed by atoms with Gasteiger partial charge in [0.05, 0.1) is 7.11 Å². The van der Waals surface area contributed by atoms with E-state index in [2.05, 4.69) is 64.4 Å². The lowest BCUT2D eigenvalue weighted by atomic mass is 9.81. The summed E-state index contributed by atoms with van der Waals surface area (Å²) in [5.74, 6) is 1.02. The topological polar surface area (TPSA) is 24.9 Å². The van der Waals surface area contributed by atoms with Crippen LogP contribution in [0.5, 0.6) is 5.75 Å². The Bertz CT molecular complexity index is 750. The van der Waals surface area contributed by atoms with E-state index < -0.39 is 0 Å². The van der Waals surface area contributed by atoms with Crippen LogP contribution in [0, 0.1) is 0 Å². The van der Waals surface area contributed by atoms with Gasteiger partial charge in [-0.2, -0.15) is 0 Å². The van der Waals surface area contributed by atoms with Gasteiger partial charge in [-0.15, -0.1) is 0 Å². The number of benzene rings is 2. The van der Waals surface area contributed by atoms with Crippen molar-refractivity contribution in [2.24, 2.45) is 0 Å². The molecule has 0 unspecified atom stereocenters. The largest absolute Gasteiger partial charge is 0.496 e. The molecule has 2 fully saturated rings. The van der Waals surface area contributed by atoms with E-state index in [9.17, 15) is 0 Å². The van der Waals surface area contributed by atoms with Gasteiger partial charge in [-0.25, -0.2) is 0 Å². The van der Waals surface area contributed by atoms with Crippen LogP contribution in [0.4, 0.5) is 0 Å². The highest BCUT2D eigenvalue weighted by molar-refractivity contribution is 5.33. The zero-order chi connectivity index (χ0) is 19.9. The third-order valence-corrected chi connectivity index (χ3v) is 6.77. The Morgan fingerprint density at radius 1 is 0.897 bits per heavy atom. The highest BCUT2D eigenvalue weighted by atomic mass is 16.5. The third kappa shape index (κ3) is 5.00. The third-order valence-electron chi connectivity index (χ3n) is 6.77. The van der Waals surface area contributed by atoms with Crippen LogP contribution >= 0.6 is 0 Å². The summed E-state index contributed by atoms with van der Waals surface area (Å²) in [6.07, 6.45) is 4.52. The number of hydrogen-bond donors (Lipinski definition) is 0. The minimum absolute atomic E-state index is 0.262. The van der Waals surface area contributed by atoms with Crippen molar-refractivity contribution >= 4 is 0 Å². The molecule has 4 heteroatoms. The first-order chi connectivity index (χ1) is 14.3. The molecule has 0 bridgehead atoms. The molecule has 0 N–H and O–H groups in total. The average Bonchev–Trinajstić information content (AvgIpc) is 2.80. The molecule has 0 saturated carbocycles. The fourth-order valence-corrected chi connectivity index (χ4v) is 4.97. The zero-order valence-electron chi connectivity index (χ0n) is 17.7. The number of aryl methyl sites for hydroxylation is 1. The van der Waals surface area contributed by atoms with Gasteiger partial charge in [-0.3, -0.25) is 9.80 Å². The van der Waals surface area contributed by atoms with E-state index in [0.29, 0.717) is 0 Å². The number of rotatable bonds is 7. The van der Waals surface area contributed by atoms with Gasteiger partial charge in [-0.1, -0.05) is 48.5 Å². The molecule has 2 aliphatic rings. The first-order valence-corrected chi connectivity index (χ1v) is 11.0. The van der Waals surface area contributed by atoms with Gasteiger partial charge in [0.1, 0.15) is 5.75 Å². The highest BCUT2D eigenvalue weighted by Crippen LogP contribution is 2.35. The molecular formula is C25H34N2O2. The van der Waals surface area contributed by atoms with E-state index in [4.69, 9.17) is 9.47 Å². The fraction of sp³-hybridized carbons (Fsp3) is 0.520. The predicted molar refractivity (Wildman–Crippen MR) is 117 cm³/mol. The molecule has 2 heterocycles. The van der Waals surface area contributed by atoms with Crippen molar-refractivity contribution < 1.29 is 9.47 Å². The molecular weight excluding hydrogens is 360 g/mol. The SMILES string of the molecule is COc1ccccc1CCC1(N2CCN(Cc3ccccc3)CC2)CCOCC1. The lowest BCUT2D eigenvalue weighted by molar-refractivity contribution is -0.0521. The lowest BCUT2D eigenvalue weighted by Gasteiger charge is -2.50. The van der Waals surface area contributed by atoms with E-state index >= 15 is 0 Å². The van der Waals surface area contributed by atoms with Crippen LogP contribution in [0.1, 0.15) is 30.4 Å². The van der Waals surface area contributed by atoms with Crippen molar-refractivity contribution in [2.45, 2.75) is 37.8 Å². The monoisotopic (exact) mass is 394 g/mol. The smallest absolute Gasteiger partial charge is 0.122 e. The van der Waals surface area contributed by atoms with Gasteiger partial charge in [0.15, 0.2) is 0 Å². The molecule has 2 saturated heterocycles. The van der Waals surface area contributed by atoms with E-state index in [1.54, 1.807) is 7.11 Å². The summed E-state index contributed by atoms with van der Waals surface area (Å²) in [6, 6.07) is 19.3. The van der Waals surface area contributed by atoms with Crippen molar-refractivity contribution in [1.82, 2.24) is 9.80 Å². The number of piperazine rings is 1. The second-order valence-electron chi connectivity index (χ2n) is 8.40. The number of para-hydroxylation sites is 1. The van der Waals surface area contributed by atoms with Crippen LogP contribution in [-0.2, 0) is 17.7 Å². The molecule has 2 aromatic carbocycles. The molecule has 0 amide bonds. The fourth-order valence-electron chi connectivity index (χ4n) is 4.97. The average molecular weight is 395 g/mol. The van der Waals surface area contributed by atoms with Crippen molar-refractivity contribution in [2.75, 3.05) is 46.5 Å². The molecule has 4 nitrogen and oxygen atoms in total. The summed E-state index contributed by atoms with van der Waals surface area (Å²) in [7, 11) is 1.77. The summed E-state index contributed by atoms with van der Waals surface area (Å²) >= 11 is 0. The van der Waals surface area contributed by atoms with E-state index in [1.165, 1.54) is 17.5 Å². The molecule has 2 aromatic rings. The maximum atomic E-state index is 5.75. The Balaban J connectivity index is 1.39. The Kier molecular flexibility index (Phi) is 6.86. The Labute approximate surface area is 175 Å². The first-order valence-electron chi connectivity index (χ1n) is 11.0. The highest BCUT2D eigenvalue weighted by Gasteiger charge is 2.39. The second-order valence-corrected chi connectivity index (χ2v) is 8.40. The molecule has 29 heavy (non-hydrogen) atoms. The number of nitrogens with zero attached hydrogens (tertiary/aromatic N) is 2. The minimum atomic E-state index is 0.262. The van der Waals surface area contributed by atoms with Crippen LogP contribution in [0.15, 0.2) is 54.6 Å². The van der Waals surface area contributed by atoms with Crippen LogP contribution < -0.4 is 4.74 Å². The van der Waals surface area contributed by atoms with E-state index in [-0.39, 0.29) is 5.54 Å². The Morgan fingerprint density at radius 2 is 1.59 bits per heavy atom. The van der Waals surface area contributed by atoms with Gasteiger partial charge >= 0.3 is 0 Å². The van der Waals surface area contributed by atoms with E-state index in [1.807, 2.05) is 0 Å². The predicted octanol–water partition coefficient (Wildman–Crippen LogP) is 3.99. The number of methoxy groups -OCH3 is 1. The van der Waals surface area contributed by atoms with Gasteiger partial charge in [0, 0.05) is 51.5 Å². The second kappa shape index (κ2) is 9.75. The standard InChI is InChI=1S/C25H34N2O2/c1-28-24-10-6-5-9-23(24)11-12-25(13-19-29-20-14-25)27-17-15-26(16-18-27)21-22-7-3-2-4-8-22/h2-10H,11-21H2,1H3. The molecule has 0 atom stereocenters. The molecule has 0 aliphatic carbocycles. The molecule has 0 spiro atoms. The van der Waals surface area contributed by atoms with Crippen molar-refractivity contribution in [3.8, 4) is 5.75 Å². The molecule has 0 aromatic heterocycles. The molecule has 4 rings (SSSR count). The number of ether oxygens (including phenoxy) is 2. The molecule has 2 aliphatic heterocycles. The van der Waals surface area contributed by atoms with Gasteiger partial charge in [0.2, 0.25) is 0 Å². The first kappa shape index (κ1) is 20.4. The van der Waals surface area contributed by atoms with Gasteiger partial charge in [-0.05, 0) is 42.9 Å². The van der Waals surface area contributed by atoms with Crippen LogP contribution in [0.3, 0.4) is 0 Å². The number of hydrogen-bond acceptors (Lipinski definition) is 4.